The van der Waals surface area contributed by atoms with Crippen molar-refractivity contribution in [3.63, 3.8) is 0 Å². The van der Waals surface area contributed by atoms with Crippen LogP contribution in [0.4, 0.5) is 0 Å². The second-order valence-corrected chi connectivity index (χ2v) is 2.65. The highest BCUT2D eigenvalue weighted by Crippen LogP contribution is 1.97. The molecule has 56 valence electrons. The molecule has 0 aromatic heterocycles. The van der Waals surface area contributed by atoms with Gasteiger partial charge in [0, 0.05) is 19.3 Å². The highest BCUT2D eigenvalue weighted by atomic mass is 15.3. The van der Waals surface area contributed by atoms with E-state index in [4.69, 9.17) is 0 Å². The lowest BCUT2D eigenvalue weighted by atomic mass is 10.2. The van der Waals surface area contributed by atoms with Gasteiger partial charge in [-0.05, 0) is 19.8 Å². The van der Waals surface area contributed by atoms with Crippen molar-refractivity contribution in [1.29, 1.82) is 0 Å². The highest BCUT2D eigenvalue weighted by Gasteiger charge is 1.97. The van der Waals surface area contributed by atoms with Gasteiger partial charge in [-0.15, -0.1) is 5.10 Å². The lowest BCUT2D eigenvalue weighted by Gasteiger charge is -2.13. The van der Waals surface area contributed by atoms with Crippen molar-refractivity contribution in [1.82, 2.24) is 4.90 Å². The monoisotopic (exact) mass is 139 g/mol. The molecule has 3 heteroatoms. The van der Waals surface area contributed by atoms with E-state index in [0.29, 0.717) is 0 Å². The van der Waals surface area contributed by atoms with E-state index in [1.165, 1.54) is 6.42 Å². The fourth-order valence-electron chi connectivity index (χ4n) is 0.905. The second-order valence-electron chi connectivity index (χ2n) is 2.65. The van der Waals surface area contributed by atoms with E-state index >= 15 is 0 Å². The Morgan fingerprint density at radius 3 is 3.20 bits per heavy atom. The van der Waals surface area contributed by atoms with Crippen LogP contribution >= 0.6 is 0 Å². The Kier molecular flexibility index (Phi) is 2.42. The molecular formula is C7H13N3. The molecule has 0 saturated carbocycles. The van der Waals surface area contributed by atoms with Crippen LogP contribution in [0.3, 0.4) is 0 Å². The van der Waals surface area contributed by atoms with E-state index in [1.54, 1.807) is 6.34 Å². The Morgan fingerprint density at radius 1 is 1.60 bits per heavy atom. The Hall–Kier alpha value is -0.860. The molecule has 0 spiro atoms. The summed E-state index contributed by atoms with van der Waals surface area (Å²) in [5.74, 6) is 0. The van der Waals surface area contributed by atoms with Gasteiger partial charge >= 0.3 is 0 Å². The maximum absolute atomic E-state index is 3.98. The van der Waals surface area contributed by atoms with E-state index in [1.807, 2.05) is 14.0 Å². The lowest BCUT2D eigenvalue weighted by molar-refractivity contribution is 0.502. The average molecular weight is 139 g/mol. The van der Waals surface area contributed by atoms with Crippen molar-refractivity contribution in [2.45, 2.75) is 19.8 Å². The molecule has 0 atom stereocenters. The van der Waals surface area contributed by atoms with Crippen molar-refractivity contribution in [2.75, 3.05) is 13.6 Å². The van der Waals surface area contributed by atoms with Crippen molar-refractivity contribution in [3.8, 4) is 0 Å². The van der Waals surface area contributed by atoms with Crippen LogP contribution in [0.2, 0.25) is 0 Å². The van der Waals surface area contributed by atoms with Gasteiger partial charge in [-0.2, -0.15) is 5.10 Å². The van der Waals surface area contributed by atoms with Gasteiger partial charge in [0.15, 0.2) is 0 Å². The van der Waals surface area contributed by atoms with Crippen LogP contribution in [0.5, 0.6) is 0 Å². The first-order valence-corrected chi connectivity index (χ1v) is 3.56. The van der Waals surface area contributed by atoms with Gasteiger partial charge in [0.05, 0.1) is 0 Å². The summed E-state index contributed by atoms with van der Waals surface area (Å²) in [6.07, 6.45) is 4.02. The van der Waals surface area contributed by atoms with Gasteiger partial charge < -0.3 is 4.90 Å². The first kappa shape index (κ1) is 7.25. The lowest BCUT2D eigenvalue weighted by Crippen LogP contribution is -2.19. The molecule has 0 aromatic rings. The highest BCUT2D eigenvalue weighted by molar-refractivity contribution is 5.82. The molecule has 1 heterocycles. The van der Waals surface area contributed by atoms with E-state index < -0.39 is 0 Å². The zero-order chi connectivity index (χ0) is 7.40. The zero-order valence-corrected chi connectivity index (χ0v) is 6.54. The molecule has 0 N–H and O–H groups in total. The quantitative estimate of drug-likeness (QED) is 0.494. The SMILES string of the molecule is CC1=NN=CN(C)CCC1. The van der Waals surface area contributed by atoms with Crippen molar-refractivity contribution in [3.05, 3.63) is 0 Å². The van der Waals surface area contributed by atoms with Crippen LogP contribution in [0, 0.1) is 0 Å². The minimum Gasteiger partial charge on any atom is -0.364 e. The molecule has 0 bridgehead atoms. The number of nitrogens with zero attached hydrogens (tertiary/aromatic N) is 3. The van der Waals surface area contributed by atoms with Gasteiger partial charge in [-0.3, -0.25) is 0 Å². The minimum absolute atomic E-state index is 1.07. The number of hydrogen-bond donors (Lipinski definition) is 0. The molecule has 1 aliphatic heterocycles. The van der Waals surface area contributed by atoms with Gasteiger partial charge in [0.1, 0.15) is 6.34 Å². The summed E-state index contributed by atoms with van der Waals surface area (Å²) in [5.41, 5.74) is 1.13. The van der Waals surface area contributed by atoms with Gasteiger partial charge in [0.2, 0.25) is 0 Å². The molecule has 10 heavy (non-hydrogen) atoms. The van der Waals surface area contributed by atoms with E-state index in [9.17, 15) is 0 Å². The molecule has 0 fully saturated rings. The van der Waals surface area contributed by atoms with Gasteiger partial charge in [0.25, 0.3) is 0 Å². The molecule has 3 nitrogen and oxygen atoms in total. The maximum Gasteiger partial charge on any atom is 0.113 e. The third-order valence-electron chi connectivity index (χ3n) is 1.53. The molecule has 0 unspecified atom stereocenters. The Bertz CT molecular complexity index is 160. The summed E-state index contributed by atoms with van der Waals surface area (Å²) in [4.78, 5) is 2.05. The van der Waals surface area contributed by atoms with E-state index in [-0.39, 0.29) is 0 Å². The zero-order valence-electron chi connectivity index (χ0n) is 6.54. The van der Waals surface area contributed by atoms with Crippen molar-refractivity contribution >= 4 is 12.1 Å². The van der Waals surface area contributed by atoms with Crippen LogP contribution in [-0.4, -0.2) is 30.5 Å². The third kappa shape index (κ3) is 2.17. The summed E-state index contributed by atoms with van der Waals surface area (Å²) in [5, 5.41) is 7.86. The van der Waals surface area contributed by atoms with Gasteiger partial charge in [-0.1, -0.05) is 0 Å². The summed E-state index contributed by atoms with van der Waals surface area (Å²) >= 11 is 0. The summed E-state index contributed by atoms with van der Waals surface area (Å²) < 4.78 is 0. The predicted octanol–water partition coefficient (Wildman–Crippen LogP) is 1.12. The van der Waals surface area contributed by atoms with E-state index in [2.05, 4.69) is 15.1 Å². The largest absolute Gasteiger partial charge is 0.364 e. The topological polar surface area (TPSA) is 28.0 Å². The van der Waals surface area contributed by atoms with Gasteiger partial charge in [-0.25, -0.2) is 0 Å². The number of hydrogen-bond acceptors (Lipinski definition) is 3. The molecule has 1 aliphatic rings. The average Bonchev–Trinajstić information content (AvgIpc) is 1.84. The van der Waals surface area contributed by atoms with Crippen LogP contribution in [0.1, 0.15) is 19.8 Å². The molecule has 1 rings (SSSR count). The Morgan fingerprint density at radius 2 is 2.40 bits per heavy atom. The third-order valence-corrected chi connectivity index (χ3v) is 1.53. The molecule has 0 aliphatic carbocycles. The summed E-state index contributed by atoms with van der Waals surface area (Å²) in [6, 6.07) is 0. The molecule has 0 saturated heterocycles. The smallest absolute Gasteiger partial charge is 0.113 e. The fraction of sp³-hybridized carbons (Fsp3) is 0.714. The van der Waals surface area contributed by atoms with Crippen LogP contribution in [-0.2, 0) is 0 Å². The minimum atomic E-state index is 1.07. The molecule has 0 amide bonds. The normalized spacial score (nSPS) is 19.8. The van der Waals surface area contributed by atoms with Crippen molar-refractivity contribution in [2.24, 2.45) is 10.2 Å². The van der Waals surface area contributed by atoms with E-state index in [0.717, 1.165) is 18.7 Å². The van der Waals surface area contributed by atoms with Crippen LogP contribution < -0.4 is 0 Å². The number of rotatable bonds is 0. The molecule has 0 aromatic carbocycles. The predicted molar refractivity (Wildman–Crippen MR) is 43.5 cm³/mol. The van der Waals surface area contributed by atoms with Crippen LogP contribution in [0.25, 0.3) is 0 Å². The Labute approximate surface area is 61.4 Å². The summed E-state index contributed by atoms with van der Waals surface area (Å²) in [7, 11) is 2.01. The maximum atomic E-state index is 3.98. The van der Waals surface area contributed by atoms with Crippen molar-refractivity contribution < 1.29 is 0 Å². The molecular weight excluding hydrogens is 126 g/mol. The van der Waals surface area contributed by atoms with Crippen LogP contribution in [0.15, 0.2) is 10.2 Å². The fourth-order valence-corrected chi connectivity index (χ4v) is 0.905. The first-order chi connectivity index (χ1) is 4.79. The standard InChI is InChI=1S/C7H13N3/c1-7-4-3-5-10(2)6-8-9-7/h6H,3-5H2,1-2H3. The molecule has 0 radical (unpaired) electrons. The first-order valence-electron chi connectivity index (χ1n) is 3.56. The summed E-state index contributed by atoms with van der Waals surface area (Å²) in [6.45, 7) is 3.10. The Balaban J connectivity index is 2.55. The second kappa shape index (κ2) is 3.34.